The molecule has 0 aliphatic carbocycles. The first-order chi connectivity index (χ1) is 36.1. The Morgan fingerprint density at radius 1 is 0.288 bits per heavy atom. The van der Waals surface area contributed by atoms with Crippen LogP contribution in [0, 0.1) is 0 Å². The van der Waals surface area contributed by atoms with Crippen molar-refractivity contribution in [3.8, 4) is 22.7 Å². The number of aromatic nitrogens is 4. The third kappa shape index (κ3) is 5.64. The first-order valence-electron chi connectivity index (χ1n) is 25.1. The first kappa shape index (κ1) is 40.9. The molecule has 4 aromatic heterocycles. The van der Waals surface area contributed by atoms with Crippen molar-refractivity contribution in [2.45, 2.75) is 6.42 Å². The second-order valence-electron chi connectivity index (χ2n) is 19.5. The Hall–Kier alpha value is -8.73. The van der Waals surface area contributed by atoms with Gasteiger partial charge in [-0.15, -0.1) is 0 Å². The van der Waals surface area contributed by atoms with Gasteiger partial charge in [0.15, 0.2) is 0 Å². The standard InChI is InChI=1S/C67H43N4PS/c73-72(49-22-8-3-9-23-49)62-38-32-47(70-56-28-14-10-24-50(56)52-34-36-60-64(66(52)70)54-26-12-16-30-58(54)68(60)45-18-4-1-5-19-45)41-43(62)40-44-42-48(33-39-63(44)72)71-57-29-15-11-25-51(57)53-35-37-61-65(67(53)71)55-27-13-17-31-59(55)69(61)46-20-6-2-7-21-46/h1-39,41-42H,40H2. The lowest BCUT2D eigenvalue weighted by Gasteiger charge is -2.33. The molecular formula is C67H43N4PS. The lowest BCUT2D eigenvalue weighted by atomic mass is 10.0. The topological polar surface area (TPSA) is 19.7 Å². The molecule has 73 heavy (non-hydrogen) atoms. The van der Waals surface area contributed by atoms with Gasteiger partial charge in [0.05, 0.1) is 44.1 Å². The van der Waals surface area contributed by atoms with Crippen molar-refractivity contribution in [1.82, 2.24) is 18.3 Å². The van der Waals surface area contributed by atoms with E-state index >= 15 is 0 Å². The van der Waals surface area contributed by atoms with Crippen LogP contribution in [-0.4, -0.2) is 18.3 Å². The molecule has 0 spiro atoms. The Morgan fingerprint density at radius 2 is 0.658 bits per heavy atom. The molecule has 342 valence electrons. The molecule has 0 N–H and O–H groups in total. The maximum absolute atomic E-state index is 7.25. The van der Waals surface area contributed by atoms with E-state index in [9.17, 15) is 0 Å². The average Bonchev–Trinajstić information content (AvgIpc) is 4.19. The Labute approximate surface area is 425 Å². The zero-order valence-electron chi connectivity index (χ0n) is 39.5. The Bertz CT molecular complexity index is 4560. The molecule has 16 rings (SSSR count). The summed E-state index contributed by atoms with van der Waals surface area (Å²) in [5.74, 6) is 0. The van der Waals surface area contributed by atoms with Crippen molar-refractivity contribution in [1.29, 1.82) is 0 Å². The van der Waals surface area contributed by atoms with Gasteiger partial charge in [-0.2, -0.15) is 0 Å². The molecule has 0 amide bonds. The average molecular weight is 967 g/mol. The summed E-state index contributed by atoms with van der Waals surface area (Å²) in [6.07, 6.45) is 0.761. The molecule has 0 saturated heterocycles. The van der Waals surface area contributed by atoms with E-state index in [2.05, 4.69) is 267 Å². The van der Waals surface area contributed by atoms with Crippen LogP contribution in [0.2, 0.25) is 0 Å². The zero-order valence-corrected chi connectivity index (χ0v) is 41.2. The van der Waals surface area contributed by atoms with Gasteiger partial charge in [-0.25, -0.2) is 0 Å². The number of fused-ring (bicyclic) bond motifs is 16. The molecule has 0 radical (unpaired) electrons. The minimum Gasteiger partial charge on any atom is -0.309 e. The van der Waals surface area contributed by atoms with Crippen LogP contribution >= 0.6 is 6.04 Å². The van der Waals surface area contributed by atoms with Crippen molar-refractivity contribution in [3.63, 3.8) is 0 Å². The highest BCUT2D eigenvalue weighted by Gasteiger charge is 2.35. The minimum atomic E-state index is -2.53. The Balaban J connectivity index is 0.949. The molecule has 4 nitrogen and oxygen atoms in total. The molecule has 6 heteroatoms. The molecule has 1 aliphatic rings. The molecule has 0 atom stereocenters. The molecule has 1 aliphatic heterocycles. The van der Waals surface area contributed by atoms with Gasteiger partial charge >= 0.3 is 0 Å². The number of para-hydroxylation sites is 6. The van der Waals surface area contributed by atoms with Crippen molar-refractivity contribution in [2.24, 2.45) is 0 Å². The van der Waals surface area contributed by atoms with Gasteiger partial charge in [-0.05, 0) is 118 Å². The van der Waals surface area contributed by atoms with E-state index in [0.29, 0.717) is 0 Å². The SMILES string of the molecule is S=P1(c2ccccc2)c2ccc(-n3c4ccccc4c4ccc5c(c6ccccc6n5-c5ccccc5)c43)cc2Cc2cc(-n3c4ccccc4c4ccc5c(c6ccccc6n5-c5ccccc5)c43)ccc21. The summed E-state index contributed by atoms with van der Waals surface area (Å²) < 4.78 is 9.91. The van der Waals surface area contributed by atoms with E-state index in [-0.39, 0.29) is 0 Å². The van der Waals surface area contributed by atoms with Gasteiger partial charge in [-0.1, -0.05) is 176 Å². The van der Waals surface area contributed by atoms with Crippen LogP contribution in [0.25, 0.3) is 110 Å². The fourth-order valence-electron chi connectivity index (χ4n) is 12.8. The fraction of sp³-hybridized carbons (Fsp3) is 0.0149. The van der Waals surface area contributed by atoms with Crippen molar-refractivity contribution in [3.05, 3.63) is 260 Å². The van der Waals surface area contributed by atoms with Crippen LogP contribution in [0.4, 0.5) is 0 Å². The molecule has 0 fully saturated rings. The largest absolute Gasteiger partial charge is 0.309 e. The van der Waals surface area contributed by atoms with Crippen LogP contribution in [-0.2, 0) is 18.2 Å². The van der Waals surface area contributed by atoms with Gasteiger partial charge in [0.2, 0.25) is 0 Å². The predicted octanol–water partition coefficient (Wildman–Crippen LogP) is 15.7. The number of rotatable bonds is 5. The van der Waals surface area contributed by atoms with Gasteiger partial charge < -0.3 is 18.3 Å². The lowest BCUT2D eigenvalue weighted by molar-refractivity contribution is 1.13. The van der Waals surface area contributed by atoms with Crippen LogP contribution in [0.1, 0.15) is 11.1 Å². The van der Waals surface area contributed by atoms with E-state index in [4.69, 9.17) is 11.8 Å². The van der Waals surface area contributed by atoms with Crippen molar-refractivity contribution >= 4 is 121 Å². The van der Waals surface area contributed by atoms with Gasteiger partial charge in [-0.3, -0.25) is 0 Å². The quantitative estimate of drug-likeness (QED) is 0.157. The van der Waals surface area contributed by atoms with Gasteiger partial charge in [0.1, 0.15) is 0 Å². The molecule has 0 unspecified atom stereocenters. The van der Waals surface area contributed by atoms with E-state index < -0.39 is 6.04 Å². The number of benzene rings is 11. The van der Waals surface area contributed by atoms with E-state index in [0.717, 1.165) is 29.2 Å². The summed E-state index contributed by atoms with van der Waals surface area (Å²) in [6, 6.07) is 89.3. The normalized spacial score (nSPS) is 13.3. The minimum absolute atomic E-state index is 0.761. The maximum atomic E-state index is 7.25. The Kier molecular flexibility index (Phi) is 8.63. The van der Waals surface area contributed by atoms with Crippen LogP contribution in [0.5, 0.6) is 0 Å². The molecular weight excluding hydrogens is 924 g/mol. The first-order valence-corrected chi connectivity index (χ1v) is 27.9. The van der Waals surface area contributed by atoms with Gasteiger partial charge in [0, 0.05) is 71.9 Å². The molecule has 5 heterocycles. The molecule has 0 saturated carbocycles. The Morgan fingerprint density at radius 3 is 1.10 bits per heavy atom. The summed E-state index contributed by atoms with van der Waals surface area (Å²) in [6.45, 7) is 0. The highest BCUT2D eigenvalue weighted by atomic mass is 32.4. The summed E-state index contributed by atoms with van der Waals surface area (Å²) in [5.41, 5.74) is 16.7. The van der Waals surface area contributed by atoms with E-state index in [1.54, 1.807) is 0 Å². The highest BCUT2D eigenvalue weighted by Crippen LogP contribution is 2.50. The lowest BCUT2D eigenvalue weighted by Crippen LogP contribution is -2.34. The number of hydrogen-bond acceptors (Lipinski definition) is 1. The second kappa shape index (κ2) is 15.4. The summed E-state index contributed by atoms with van der Waals surface area (Å²) in [5, 5.41) is 13.7. The van der Waals surface area contributed by atoms with Gasteiger partial charge in [0.25, 0.3) is 0 Å². The number of hydrogen-bond donors (Lipinski definition) is 0. The predicted molar refractivity (Wildman–Crippen MR) is 313 cm³/mol. The highest BCUT2D eigenvalue weighted by molar-refractivity contribution is 8.25. The van der Waals surface area contributed by atoms with E-state index in [1.165, 1.54) is 114 Å². The monoisotopic (exact) mass is 966 g/mol. The molecule has 0 bridgehead atoms. The summed E-state index contributed by atoms with van der Waals surface area (Å²) in [4.78, 5) is 0. The third-order valence-electron chi connectivity index (χ3n) is 15.8. The van der Waals surface area contributed by atoms with Crippen LogP contribution in [0.15, 0.2) is 249 Å². The molecule has 11 aromatic carbocycles. The fourth-order valence-corrected chi connectivity index (χ4v) is 17.3. The van der Waals surface area contributed by atoms with Crippen molar-refractivity contribution in [2.75, 3.05) is 0 Å². The van der Waals surface area contributed by atoms with Crippen LogP contribution in [0.3, 0.4) is 0 Å². The molecule has 15 aromatic rings. The van der Waals surface area contributed by atoms with Crippen molar-refractivity contribution < 1.29 is 0 Å². The second-order valence-corrected chi connectivity index (χ2v) is 23.9. The van der Waals surface area contributed by atoms with Crippen LogP contribution < -0.4 is 15.9 Å². The van der Waals surface area contributed by atoms with E-state index in [1.807, 2.05) is 0 Å². The number of nitrogens with zero attached hydrogens (tertiary/aromatic N) is 4. The zero-order chi connectivity index (χ0) is 47.9. The maximum Gasteiger partial charge on any atom is 0.0641 e. The third-order valence-corrected chi connectivity index (χ3v) is 20.9. The summed E-state index contributed by atoms with van der Waals surface area (Å²) in [7, 11) is 0. The smallest absolute Gasteiger partial charge is 0.0641 e. The summed E-state index contributed by atoms with van der Waals surface area (Å²) >= 11 is 7.25.